The number of nitrogens with zero attached hydrogens (tertiary/aromatic N) is 3. The van der Waals surface area contributed by atoms with Crippen molar-refractivity contribution in [2.45, 2.75) is 51.8 Å². The van der Waals surface area contributed by atoms with E-state index in [0.29, 0.717) is 23.8 Å². The van der Waals surface area contributed by atoms with Crippen LogP contribution in [0.15, 0.2) is 23.2 Å². The minimum atomic E-state index is -0.911. The number of carbonyl (C=O) groups is 2. The second-order valence-electron chi connectivity index (χ2n) is 8.33. The number of carboxylic acid groups (broad SMARTS) is 1. The number of aromatic nitrogens is 1. The summed E-state index contributed by atoms with van der Waals surface area (Å²) in [7, 11) is 1.72. The van der Waals surface area contributed by atoms with Crippen molar-refractivity contribution < 1.29 is 24.2 Å². The third kappa shape index (κ3) is 6.10. The third-order valence-corrected chi connectivity index (χ3v) is 6.83. The number of rotatable bonds is 7. The van der Waals surface area contributed by atoms with Crippen LogP contribution < -0.4 is 4.74 Å². The fourth-order valence-electron chi connectivity index (χ4n) is 2.76. The summed E-state index contributed by atoms with van der Waals surface area (Å²) in [6, 6.07) is 4.93. The first-order valence-electron chi connectivity index (χ1n) is 9.96. The van der Waals surface area contributed by atoms with Gasteiger partial charge in [-0.05, 0) is 45.9 Å². The number of amides is 1. The molecule has 2 atom stereocenters. The molecule has 0 bridgehead atoms. The van der Waals surface area contributed by atoms with Crippen LogP contribution in [-0.4, -0.2) is 69.2 Å². The number of thiazole rings is 1. The summed E-state index contributed by atoms with van der Waals surface area (Å²) in [5.41, 5.74) is 0.300. The van der Waals surface area contributed by atoms with Gasteiger partial charge in [-0.15, -0.1) is 23.1 Å². The van der Waals surface area contributed by atoms with Crippen LogP contribution in [0, 0.1) is 0 Å². The van der Waals surface area contributed by atoms with Crippen molar-refractivity contribution in [3.05, 3.63) is 23.2 Å². The highest BCUT2D eigenvalue weighted by Gasteiger charge is 2.27. The molecule has 1 N–H and O–H groups in total. The number of carboxylic acids is 1. The molecule has 1 aromatic heterocycles. The highest BCUT2D eigenvalue weighted by atomic mass is 32.2. The number of carbonyl (C=O) groups excluding carboxylic acids is 1. The molecule has 31 heavy (non-hydrogen) atoms. The maximum atomic E-state index is 12.2. The predicted molar refractivity (Wildman–Crippen MR) is 124 cm³/mol. The molecule has 2 aromatic rings. The van der Waals surface area contributed by atoms with Crippen LogP contribution in [0.4, 0.5) is 4.79 Å². The van der Waals surface area contributed by atoms with Gasteiger partial charge in [0.2, 0.25) is 0 Å². The lowest BCUT2D eigenvalue weighted by Crippen LogP contribution is -2.40. The average Bonchev–Trinajstić information content (AvgIpc) is 3.32. The molecule has 10 heteroatoms. The largest absolute Gasteiger partial charge is 0.493 e. The summed E-state index contributed by atoms with van der Waals surface area (Å²) in [5, 5.41) is 10.5. The minimum absolute atomic E-state index is 0.0341. The number of aliphatic carboxylic acids is 1. The van der Waals surface area contributed by atoms with Crippen molar-refractivity contribution in [1.29, 1.82) is 0 Å². The third-order valence-electron chi connectivity index (χ3n) is 4.63. The van der Waals surface area contributed by atoms with Gasteiger partial charge in [0.05, 0.1) is 16.8 Å². The first kappa shape index (κ1) is 23.3. The Morgan fingerprint density at radius 1 is 1.35 bits per heavy atom. The number of hydrogen-bond donors (Lipinski definition) is 1. The second-order valence-corrected chi connectivity index (χ2v) is 10.4. The number of ether oxygens (including phenoxy) is 2. The molecule has 1 unspecified atom stereocenters. The lowest BCUT2D eigenvalue weighted by atomic mass is 10.2. The molecule has 3 rings (SSSR count). The minimum Gasteiger partial charge on any atom is -0.493 e. The monoisotopic (exact) mass is 465 g/mol. The maximum absolute atomic E-state index is 12.2. The Hall–Kier alpha value is -2.33. The lowest BCUT2D eigenvalue weighted by Gasteiger charge is -2.28. The standard InChI is InChI=1S/C21H27N3O5S2/c1-12(24(5)20(27)29-21(2,3)4)8-9-28-13-6-7-14-16(10-13)31-18(22-14)17-23-15(11-30-17)19(25)26/h6-7,10,12,15H,8-9,11H2,1-5H3,(H,25,26)/t12?,15-/m1/s1. The van der Waals surface area contributed by atoms with E-state index in [1.54, 1.807) is 11.9 Å². The quantitative estimate of drug-likeness (QED) is 0.652. The summed E-state index contributed by atoms with van der Waals surface area (Å²) in [4.78, 5) is 33.7. The molecule has 1 aromatic carbocycles. The zero-order valence-corrected chi connectivity index (χ0v) is 19.9. The number of benzene rings is 1. The van der Waals surface area contributed by atoms with Crippen molar-refractivity contribution in [2.75, 3.05) is 19.4 Å². The molecule has 0 saturated carbocycles. The van der Waals surface area contributed by atoms with E-state index in [1.807, 2.05) is 45.9 Å². The average molecular weight is 466 g/mol. The van der Waals surface area contributed by atoms with Crippen LogP contribution in [-0.2, 0) is 9.53 Å². The Bertz CT molecular complexity index is 999. The molecule has 0 fully saturated rings. The Morgan fingerprint density at radius 2 is 2.10 bits per heavy atom. The van der Waals surface area contributed by atoms with Gasteiger partial charge in [-0.1, -0.05) is 0 Å². The summed E-state index contributed by atoms with van der Waals surface area (Å²) < 4.78 is 12.2. The van der Waals surface area contributed by atoms with Gasteiger partial charge in [0.25, 0.3) is 0 Å². The van der Waals surface area contributed by atoms with Gasteiger partial charge < -0.3 is 19.5 Å². The molecule has 2 heterocycles. The van der Waals surface area contributed by atoms with Crippen molar-refractivity contribution in [3.8, 4) is 5.75 Å². The van der Waals surface area contributed by atoms with E-state index in [-0.39, 0.29) is 12.1 Å². The van der Waals surface area contributed by atoms with E-state index in [2.05, 4.69) is 9.98 Å². The summed E-state index contributed by atoms with van der Waals surface area (Å²) >= 11 is 2.89. The van der Waals surface area contributed by atoms with Gasteiger partial charge in [0, 0.05) is 25.3 Å². The van der Waals surface area contributed by atoms with Gasteiger partial charge in [0.1, 0.15) is 21.4 Å². The Kier molecular flexibility index (Phi) is 7.10. The second kappa shape index (κ2) is 9.44. The molecule has 0 spiro atoms. The van der Waals surface area contributed by atoms with Crippen LogP contribution in [0.1, 0.15) is 39.1 Å². The molecule has 0 saturated heterocycles. The van der Waals surface area contributed by atoms with Crippen molar-refractivity contribution in [2.24, 2.45) is 4.99 Å². The Labute approximate surface area is 189 Å². The summed E-state index contributed by atoms with van der Waals surface area (Å²) in [6.45, 7) is 7.94. The maximum Gasteiger partial charge on any atom is 0.410 e. The van der Waals surface area contributed by atoms with Gasteiger partial charge in [-0.2, -0.15) is 0 Å². The fourth-order valence-corrected chi connectivity index (χ4v) is 4.85. The SMILES string of the molecule is CC(CCOc1ccc2nc(C3=N[C@@H](C(=O)O)CS3)sc2c1)N(C)C(=O)OC(C)(C)C. The van der Waals surface area contributed by atoms with Gasteiger partial charge >= 0.3 is 12.1 Å². The molecule has 8 nitrogen and oxygen atoms in total. The van der Waals surface area contributed by atoms with Gasteiger partial charge in [0.15, 0.2) is 6.04 Å². The van der Waals surface area contributed by atoms with E-state index in [9.17, 15) is 9.59 Å². The zero-order chi connectivity index (χ0) is 22.8. The van der Waals surface area contributed by atoms with Crippen molar-refractivity contribution in [3.63, 3.8) is 0 Å². The molecule has 1 aliphatic heterocycles. The first-order valence-corrected chi connectivity index (χ1v) is 11.8. The highest BCUT2D eigenvalue weighted by molar-refractivity contribution is 8.15. The van der Waals surface area contributed by atoms with E-state index in [1.165, 1.54) is 23.1 Å². The smallest absolute Gasteiger partial charge is 0.410 e. The Balaban J connectivity index is 1.57. The lowest BCUT2D eigenvalue weighted by molar-refractivity contribution is -0.137. The van der Waals surface area contributed by atoms with Gasteiger partial charge in [-0.3, -0.25) is 4.99 Å². The molecular formula is C21H27N3O5S2. The normalized spacial score (nSPS) is 17.3. The van der Waals surface area contributed by atoms with Crippen LogP contribution >= 0.6 is 23.1 Å². The summed E-state index contributed by atoms with van der Waals surface area (Å²) in [6.07, 6.45) is 0.308. The molecule has 0 radical (unpaired) electrons. The summed E-state index contributed by atoms with van der Waals surface area (Å²) in [5.74, 6) is 0.246. The van der Waals surface area contributed by atoms with Crippen LogP contribution in [0.25, 0.3) is 10.2 Å². The molecule has 0 aliphatic carbocycles. The van der Waals surface area contributed by atoms with Crippen LogP contribution in [0.5, 0.6) is 5.75 Å². The molecule has 1 amide bonds. The van der Waals surface area contributed by atoms with E-state index in [0.717, 1.165) is 21.0 Å². The molecule has 168 valence electrons. The number of thioether (sulfide) groups is 1. The van der Waals surface area contributed by atoms with E-state index < -0.39 is 17.6 Å². The van der Waals surface area contributed by atoms with E-state index >= 15 is 0 Å². The number of fused-ring (bicyclic) bond motifs is 1. The highest BCUT2D eigenvalue weighted by Crippen LogP contribution is 2.31. The van der Waals surface area contributed by atoms with Crippen LogP contribution in [0.2, 0.25) is 0 Å². The fraction of sp³-hybridized carbons (Fsp3) is 0.524. The van der Waals surface area contributed by atoms with Gasteiger partial charge in [-0.25, -0.2) is 14.6 Å². The molecular weight excluding hydrogens is 438 g/mol. The van der Waals surface area contributed by atoms with Crippen molar-refractivity contribution in [1.82, 2.24) is 9.88 Å². The Morgan fingerprint density at radius 3 is 2.74 bits per heavy atom. The first-order chi connectivity index (χ1) is 14.5. The number of hydrogen-bond acceptors (Lipinski definition) is 8. The molecule has 1 aliphatic rings. The van der Waals surface area contributed by atoms with E-state index in [4.69, 9.17) is 14.6 Å². The predicted octanol–water partition coefficient (Wildman–Crippen LogP) is 4.27. The van der Waals surface area contributed by atoms with Crippen LogP contribution in [0.3, 0.4) is 0 Å². The number of aliphatic imine (C=N–C) groups is 1. The topological polar surface area (TPSA) is 101 Å². The zero-order valence-electron chi connectivity index (χ0n) is 18.2. The van der Waals surface area contributed by atoms with Crippen molar-refractivity contribution >= 4 is 50.4 Å².